The number of hydrogen-bond donors (Lipinski definition) is 1. The van der Waals surface area contributed by atoms with Gasteiger partial charge in [-0.05, 0) is 30.4 Å². The number of aliphatic hydroxyl groups excluding tert-OH is 1. The third-order valence-corrected chi connectivity index (χ3v) is 9.96. The molecule has 8 atom stereocenters. The molecular formula is C27H34O8. The maximum Gasteiger partial charge on any atom is 0.335 e. The number of cyclic esters (lactones) is 1. The van der Waals surface area contributed by atoms with E-state index in [0.29, 0.717) is 12.8 Å². The summed E-state index contributed by atoms with van der Waals surface area (Å²) in [7, 11) is 1.23. The Balaban J connectivity index is 1.65. The molecule has 190 valence electrons. The monoisotopic (exact) mass is 486 g/mol. The number of ether oxygens (including phenoxy) is 3. The van der Waals surface area contributed by atoms with E-state index < -0.39 is 58.0 Å². The Morgan fingerprint density at radius 1 is 1.26 bits per heavy atom. The Labute approximate surface area is 205 Å². The van der Waals surface area contributed by atoms with Crippen molar-refractivity contribution in [2.45, 2.75) is 77.3 Å². The zero-order valence-corrected chi connectivity index (χ0v) is 21.0. The first kappa shape index (κ1) is 24.3. The van der Waals surface area contributed by atoms with E-state index in [-0.39, 0.29) is 24.5 Å². The first-order valence-electron chi connectivity index (χ1n) is 12.2. The van der Waals surface area contributed by atoms with E-state index in [4.69, 9.17) is 18.6 Å². The zero-order chi connectivity index (χ0) is 25.6. The van der Waals surface area contributed by atoms with Crippen molar-refractivity contribution in [1.29, 1.82) is 0 Å². The van der Waals surface area contributed by atoms with Crippen molar-refractivity contribution in [2.24, 2.45) is 28.1 Å². The van der Waals surface area contributed by atoms with Crippen LogP contribution < -0.4 is 0 Å². The van der Waals surface area contributed by atoms with Crippen LogP contribution in [0.25, 0.3) is 0 Å². The van der Waals surface area contributed by atoms with Crippen molar-refractivity contribution >= 4 is 17.7 Å². The number of esters is 2. The summed E-state index contributed by atoms with van der Waals surface area (Å²) in [6, 6.07) is 1.79. The molecule has 1 aromatic rings. The Morgan fingerprint density at radius 3 is 2.60 bits per heavy atom. The summed E-state index contributed by atoms with van der Waals surface area (Å²) >= 11 is 0. The molecule has 2 aliphatic carbocycles. The van der Waals surface area contributed by atoms with E-state index in [1.54, 1.807) is 32.4 Å². The third kappa shape index (κ3) is 2.90. The molecule has 0 radical (unpaired) electrons. The lowest BCUT2D eigenvalue weighted by molar-refractivity contribution is -0.303. The van der Waals surface area contributed by atoms with Crippen LogP contribution >= 0.6 is 0 Å². The molecule has 1 spiro atoms. The van der Waals surface area contributed by atoms with Gasteiger partial charge in [-0.15, -0.1) is 0 Å². The minimum Gasteiger partial charge on any atom is -0.472 e. The molecule has 2 saturated carbocycles. The highest BCUT2D eigenvalue weighted by molar-refractivity contribution is 5.88. The molecule has 2 bridgehead atoms. The number of hydrogen-bond acceptors (Lipinski definition) is 8. The van der Waals surface area contributed by atoms with Crippen LogP contribution in [-0.2, 0) is 28.6 Å². The standard InChI is InChI=1S/C27H34O8/c1-14-16-7-9-25(4)22(15-8-10-33-13-15)34-19(29)12-27(14,25)35-18-11-17(28)24(2,3)21(26(16,18)5)20(30)23(31)32-6/h8,10,13,16,18,20-22,30H,1,7,9,11-12H2,2-6H3/t16?,18-,20?,21?,22-,25-,26-,27-/m0/s1. The third-order valence-electron chi connectivity index (χ3n) is 9.96. The fourth-order valence-electron chi connectivity index (χ4n) is 8.08. The molecule has 2 saturated heterocycles. The molecule has 8 nitrogen and oxygen atoms in total. The Kier molecular flexibility index (Phi) is 5.22. The van der Waals surface area contributed by atoms with Gasteiger partial charge in [-0.2, -0.15) is 0 Å². The molecule has 2 aliphatic heterocycles. The van der Waals surface area contributed by atoms with Gasteiger partial charge >= 0.3 is 11.9 Å². The molecule has 1 aromatic heterocycles. The Morgan fingerprint density at radius 2 is 1.97 bits per heavy atom. The van der Waals surface area contributed by atoms with Crippen LogP contribution in [0.1, 0.15) is 65.0 Å². The maximum absolute atomic E-state index is 13.4. The second kappa shape index (κ2) is 7.53. The number of carbonyl (C=O) groups is 3. The summed E-state index contributed by atoms with van der Waals surface area (Å²) in [5.74, 6) is -2.20. The first-order valence-corrected chi connectivity index (χ1v) is 12.2. The highest BCUT2D eigenvalue weighted by Gasteiger charge is 2.74. The Bertz CT molecular complexity index is 1090. The number of rotatable bonds is 3. The van der Waals surface area contributed by atoms with Gasteiger partial charge in [0.2, 0.25) is 0 Å². The molecule has 5 rings (SSSR count). The summed E-state index contributed by atoms with van der Waals surface area (Å²) in [6.45, 7) is 12.1. The van der Waals surface area contributed by atoms with E-state index in [1.165, 1.54) is 7.11 Å². The summed E-state index contributed by atoms with van der Waals surface area (Å²) in [5, 5.41) is 11.2. The number of carbonyl (C=O) groups excluding carboxylic acids is 3. The van der Waals surface area contributed by atoms with Gasteiger partial charge in [-0.1, -0.05) is 34.3 Å². The van der Waals surface area contributed by atoms with Crippen molar-refractivity contribution in [3.8, 4) is 0 Å². The van der Waals surface area contributed by atoms with Crippen LogP contribution in [0.2, 0.25) is 0 Å². The first-order chi connectivity index (χ1) is 16.3. The normalized spacial score (nSPS) is 43.0. The molecule has 3 unspecified atom stereocenters. The van der Waals surface area contributed by atoms with E-state index >= 15 is 0 Å². The topological polar surface area (TPSA) is 112 Å². The minimum atomic E-state index is -1.50. The minimum absolute atomic E-state index is 0.00156. The van der Waals surface area contributed by atoms with Gasteiger partial charge < -0.3 is 23.7 Å². The van der Waals surface area contributed by atoms with E-state index in [1.807, 2.05) is 6.92 Å². The predicted molar refractivity (Wildman–Crippen MR) is 123 cm³/mol. The van der Waals surface area contributed by atoms with Gasteiger partial charge in [0.05, 0.1) is 32.2 Å². The summed E-state index contributed by atoms with van der Waals surface area (Å²) in [5.41, 5.74) is -1.92. The number of fused-ring (bicyclic) bond motifs is 3. The van der Waals surface area contributed by atoms with Crippen molar-refractivity contribution in [1.82, 2.24) is 0 Å². The summed E-state index contributed by atoms with van der Waals surface area (Å²) < 4.78 is 23.0. The lowest BCUT2D eigenvalue weighted by atomic mass is 9.41. The number of aliphatic hydroxyl groups is 1. The second-order valence-electron chi connectivity index (χ2n) is 11.7. The van der Waals surface area contributed by atoms with E-state index in [2.05, 4.69) is 13.5 Å². The highest BCUT2D eigenvalue weighted by atomic mass is 16.6. The van der Waals surface area contributed by atoms with Crippen LogP contribution in [0.3, 0.4) is 0 Å². The smallest absolute Gasteiger partial charge is 0.335 e. The number of Topliss-reactive ketones (excluding diaryl/α,β-unsaturated/α-hetero) is 1. The summed E-state index contributed by atoms with van der Waals surface area (Å²) in [6.07, 6.45) is 1.91. The molecule has 8 heteroatoms. The van der Waals surface area contributed by atoms with E-state index in [0.717, 1.165) is 11.1 Å². The second-order valence-corrected chi connectivity index (χ2v) is 11.7. The zero-order valence-electron chi connectivity index (χ0n) is 21.0. The van der Waals surface area contributed by atoms with Gasteiger partial charge in [0, 0.05) is 34.1 Å². The van der Waals surface area contributed by atoms with Crippen LogP contribution in [0.4, 0.5) is 0 Å². The van der Waals surface area contributed by atoms with Crippen molar-refractivity contribution in [3.05, 3.63) is 36.3 Å². The Hall–Kier alpha value is -2.45. The molecule has 4 fully saturated rings. The molecular weight excluding hydrogens is 452 g/mol. The average molecular weight is 487 g/mol. The molecule has 35 heavy (non-hydrogen) atoms. The molecule has 0 amide bonds. The van der Waals surface area contributed by atoms with Gasteiger partial charge in [-0.3, -0.25) is 9.59 Å². The van der Waals surface area contributed by atoms with Crippen LogP contribution in [0.15, 0.2) is 35.2 Å². The lowest BCUT2D eigenvalue weighted by Crippen LogP contribution is -2.74. The van der Waals surface area contributed by atoms with Crippen LogP contribution in [0, 0.1) is 28.1 Å². The predicted octanol–water partition coefficient (Wildman–Crippen LogP) is 3.53. The molecule has 3 heterocycles. The molecule has 1 N–H and O–H groups in total. The number of ketones is 1. The quantitative estimate of drug-likeness (QED) is 0.510. The van der Waals surface area contributed by atoms with Crippen molar-refractivity contribution in [2.75, 3.05) is 7.11 Å². The maximum atomic E-state index is 13.4. The van der Waals surface area contributed by atoms with Crippen LogP contribution in [0.5, 0.6) is 0 Å². The SMILES string of the molecule is C=C1C2CC[C@@]3(C)[C@H](c4ccoc4)OC(=O)C[C@]13O[C@H]1CC(=O)C(C)(C)C(C(O)C(=O)OC)[C@@]21C. The molecule has 0 aromatic carbocycles. The fraction of sp³-hybridized carbons (Fsp3) is 0.667. The molecule has 4 aliphatic rings. The van der Waals surface area contributed by atoms with Crippen molar-refractivity contribution in [3.63, 3.8) is 0 Å². The lowest BCUT2D eigenvalue weighted by Gasteiger charge is -2.70. The van der Waals surface area contributed by atoms with Gasteiger partial charge in [-0.25, -0.2) is 4.79 Å². The van der Waals surface area contributed by atoms with Crippen LogP contribution in [-0.4, -0.2) is 47.7 Å². The van der Waals surface area contributed by atoms with Gasteiger partial charge in [0.1, 0.15) is 17.5 Å². The summed E-state index contributed by atoms with van der Waals surface area (Å²) in [4.78, 5) is 39.0. The average Bonchev–Trinajstić information content (AvgIpc) is 3.32. The number of furan rings is 1. The number of methoxy groups -OCH3 is 1. The van der Waals surface area contributed by atoms with Gasteiger partial charge in [0.15, 0.2) is 6.10 Å². The highest BCUT2D eigenvalue weighted by Crippen LogP contribution is 2.71. The largest absolute Gasteiger partial charge is 0.472 e. The van der Waals surface area contributed by atoms with Gasteiger partial charge in [0.25, 0.3) is 0 Å². The van der Waals surface area contributed by atoms with Crippen molar-refractivity contribution < 1.29 is 38.1 Å². The fourth-order valence-corrected chi connectivity index (χ4v) is 8.08. The van der Waals surface area contributed by atoms with E-state index in [9.17, 15) is 19.5 Å².